The van der Waals surface area contributed by atoms with Crippen molar-refractivity contribution in [2.45, 2.75) is 26.4 Å². The maximum Gasteiger partial charge on any atom is 0.193 e. The summed E-state index contributed by atoms with van der Waals surface area (Å²) in [7, 11) is 2.10. The molecule has 0 fully saturated rings. The van der Waals surface area contributed by atoms with Crippen molar-refractivity contribution < 1.29 is 0 Å². The summed E-state index contributed by atoms with van der Waals surface area (Å²) in [5.41, 5.74) is 2.45. The number of thiophene rings is 1. The molecule has 0 unspecified atom stereocenters. The quantitative estimate of drug-likeness (QED) is 0.479. The van der Waals surface area contributed by atoms with Crippen LogP contribution in [-0.2, 0) is 19.5 Å². The molecule has 6 heteroatoms. The first-order valence-electron chi connectivity index (χ1n) is 9.31. The molecule has 1 aromatic carbocycles. The summed E-state index contributed by atoms with van der Waals surface area (Å²) in [6, 6.07) is 14.8. The van der Waals surface area contributed by atoms with Crippen molar-refractivity contribution in [3.05, 3.63) is 76.2 Å². The number of rotatable bonds is 8. The van der Waals surface area contributed by atoms with Crippen molar-refractivity contribution >= 4 is 17.3 Å². The first kappa shape index (κ1) is 19.2. The van der Waals surface area contributed by atoms with Gasteiger partial charge in [-0.3, -0.25) is 4.68 Å². The highest BCUT2D eigenvalue weighted by molar-refractivity contribution is 7.09. The van der Waals surface area contributed by atoms with Gasteiger partial charge >= 0.3 is 0 Å². The fourth-order valence-electron chi connectivity index (χ4n) is 2.88. The number of hydrogen-bond donors (Lipinski definition) is 1. The zero-order valence-corrected chi connectivity index (χ0v) is 16.8. The van der Waals surface area contributed by atoms with Crippen LogP contribution in [0.2, 0.25) is 0 Å². The molecule has 0 aliphatic heterocycles. The van der Waals surface area contributed by atoms with Crippen molar-refractivity contribution in [1.29, 1.82) is 0 Å². The van der Waals surface area contributed by atoms with Crippen molar-refractivity contribution in [2.24, 2.45) is 4.99 Å². The van der Waals surface area contributed by atoms with Gasteiger partial charge in [-0.2, -0.15) is 5.10 Å². The van der Waals surface area contributed by atoms with Gasteiger partial charge in [0.05, 0.1) is 13.1 Å². The maximum atomic E-state index is 4.83. The van der Waals surface area contributed by atoms with Crippen LogP contribution in [0.1, 0.15) is 22.9 Å². The van der Waals surface area contributed by atoms with E-state index in [2.05, 4.69) is 71.1 Å². The molecular formula is C21H27N5S. The van der Waals surface area contributed by atoms with Gasteiger partial charge in [-0.25, -0.2) is 4.99 Å². The molecule has 0 bridgehead atoms. The summed E-state index contributed by atoms with van der Waals surface area (Å²) in [6.45, 7) is 5.37. The summed E-state index contributed by atoms with van der Waals surface area (Å²) >= 11 is 1.81. The molecule has 1 N–H and O–H groups in total. The van der Waals surface area contributed by atoms with E-state index in [1.54, 1.807) is 0 Å². The first-order chi connectivity index (χ1) is 13.2. The Morgan fingerprint density at radius 1 is 1.22 bits per heavy atom. The second-order valence-corrected chi connectivity index (χ2v) is 7.48. The van der Waals surface area contributed by atoms with Gasteiger partial charge < -0.3 is 10.2 Å². The Morgan fingerprint density at radius 2 is 2.11 bits per heavy atom. The van der Waals surface area contributed by atoms with E-state index in [1.807, 2.05) is 34.5 Å². The molecule has 0 spiro atoms. The molecule has 0 aliphatic carbocycles. The van der Waals surface area contributed by atoms with E-state index in [4.69, 9.17) is 4.99 Å². The predicted molar refractivity (Wildman–Crippen MR) is 113 cm³/mol. The lowest BCUT2D eigenvalue weighted by molar-refractivity contribution is 0.486. The molecule has 3 aromatic rings. The molecule has 27 heavy (non-hydrogen) atoms. The normalized spacial score (nSPS) is 11.6. The van der Waals surface area contributed by atoms with Crippen LogP contribution in [0.25, 0.3) is 0 Å². The zero-order chi connectivity index (χ0) is 18.9. The summed E-state index contributed by atoms with van der Waals surface area (Å²) in [6.07, 6.45) is 4.83. The molecule has 0 saturated heterocycles. The third kappa shape index (κ3) is 5.96. The first-order valence-corrected chi connectivity index (χ1v) is 10.2. The molecule has 2 aromatic heterocycles. The Hall–Kier alpha value is -2.60. The summed E-state index contributed by atoms with van der Waals surface area (Å²) in [5.74, 6) is 0.950. The van der Waals surface area contributed by atoms with Gasteiger partial charge in [0.1, 0.15) is 0 Å². The molecular weight excluding hydrogens is 354 g/mol. The highest BCUT2D eigenvalue weighted by Crippen LogP contribution is 2.11. The summed E-state index contributed by atoms with van der Waals surface area (Å²) in [4.78, 5) is 8.45. The smallest absolute Gasteiger partial charge is 0.193 e. The Morgan fingerprint density at radius 3 is 2.85 bits per heavy atom. The lowest BCUT2D eigenvalue weighted by atomic mass is 10.1. The fourth-order valence-corrected chi connectivity index (χ4v) is 3.58. The molecule has 5 nitrogen and oxygen atoms in total. The van der Waals surface area contributed by atoms with Crippen LogP contribution in [0.15, 0.2) is 65.2 Å². The van der Waals surface area contributed by atoms with Crippen LogP contribution in [0, 0.1) is 0 Å². The zero-order valence-electron chi connectivity index (χ0n) is 16.0. The van der Waals surface area contributed by atoms with Gasteiger partial charge in [-0.1, -0.05) is 30.3 Å². The Kier molecular flexibility index (Phi) is 7.04. The van der Waals surface area contributed by atoms with Crippen LogP contribution >= 0.6 is 11.3 Å². The van der Waals surface area contributed by atoms with Crippen LogP contribution < -0.4 is 5.32 Å². The average molecular weight is 382 g/mol. The van der Waals surface area contributed by atoms with Crippen LogP contribution in [0.3, 0.4) is 0 Å². The number of aromatic nitrogens is 2. The van der Waals surface area contributed by atoms with Gasteiger partial charge in [0.25, 0.3) is 0 Å². The number of guanidine groups is 1. The van der Waals surface area contributed by atoms with Gasteiger partial charge in [-0.05, 0) is 42.0 Å². The fraction of sp³-hybridized carbons (Fsp3) is 0.333. The molecule has 0 aliphatic rings. The Labute approximate surface area is 165 Å². The van der Waals surface area contributed by atoms with Crippen LogP contribution in [0.4, 0.5) is 0 Å². The molecule has 0 saturated carbocycles. The maximum absolute atomic E-state index is 4.83. The molecule has 0 radical (unpaired) electrons. The minimum absolute atomic E-state index is 0.665. The van der Waals surface area contributed by atoms with Crippen LogP contribution in [-0.4, -0.2) is 40.8 Å². The van der Waals surface area contributed by atoms with Crippen molar-refractivity contribution in [2.75, 3.05) is 20.1 Å². The predicted octanol–water partition coefficient (Wildman–Crippen LogP) is 3.63. The van der Waals surface area contributed by atoms with E-state index < -0.39 is 0 Å². The number of nitrogens with one attached hydrogen (secondary N) is 1. The lowest BCUT2D eigenvalue weighted by Crippen LogP contribution is -2.39. The largest absolute Gasteiger partial charge is 0.357 e. The van der Waals surface area contributed by atoms with E-state index in [0.717, 1.165) is 32.0 Å². The standard InChI is InChI=1S/C21H27N5S/c1-3-22-21(25(2)13-10-20-9-5-14-27-20)23-16-18-7-4-8-19(15-18)17-26-12-6-11-24-26/h4-9,11-12,14-15H,3,10,13,16-17H2,1-2H3,(H,22,23). The van der Waals surface area contributed by atoms with E-state index in [9.17, 15) is 0 Å². The molecule has 0 atom stereocenters. The monoisotopic (exact) mass is 381 g/mol. The molecule has 0 amide bonds. The number of benzene rings is 1. The van der Waals surface area contributed by atoms with E-state index in [-0.39, 0.29) is 0 Å². The Balaban J connectivity index is 1.61. The van der Waals surface area contributed by atoms with E-state index >= 15 is 0 Å². The number of aliphatic imine (C=N–C) groups is 1. The van der Waals surface area contributed by atoms with Gasteiger partial charge in [0.2, 0.25) is 0 Å². The SMILES string of the molecule is CCNC(=NCc1cccc(Cn2cccn2)c1)N(C)CCc1cccs1. The summed E-state index contributed by atoms with van der Waals surface area (Å²) in [5, 5.41) is 9.81. The van der Waals surface area contributed by atoms with Crippen LogP contribution in [0.5, 0.6) is 0 Å². The minimum atomic E-state index is 0.665. The second-order valence-electron chi connectivity index (χ2n) is 6.44. The third-order valence-corrected chi connectivity index (χ3v) is 5.21. The summed E-state index contributed by atoms with van der Waals surface area (Å²) < 4.78 is 1.94. The van der Waals surface area contributed by atoms with E-state index in [0.29, 0.717) is 6.54 Å². The second kappa shape index (κ2) is 9.92. The average Bonchev–Trinajstić information content (AvgIpc) is 3.37. The number of likely N-dealkylation sites (N-methyl/N-ethyl adjacent to an activating group) is 1. The highest BCUT2D eigenvalue weighted by Gasteiger charge is 2.06. The number of hydrogen-bond acceptors (Lipinski definition) is 3. The van der Waals surface area contributed by atoms with Gasteiger partial charge in [-0.15, -0.1) is 11.3 Å². The van der Waals surface area contributed by atoms with E-state index in [1.165, 1.54) is 16.0 Å². The van der Waals surface area contributed by atoms with Crippen molar-refractivity contribution in [3.8, 4) is 0 Å². The minimum Gasteiger partial charge on any atom is -0.357 e. The lowest BCUT2D eigenvalue weighted by Gasteiger charge is -2.21. The molecule has 3 rings (SSSR count). The Bertz CT molecular complexity index is 824. The number of nitrogens with zero attached hydrogens (tertiary/aromatic N) is 4. The molecule has 142 valence electrons. The highest BCUT2D eigenvalue weighted by atomic mass is 32.1. The topological polar surface area (TPSA) is 45.5 Å². The van der Waals surface area contributed by atoms with Gasteiger partial charge in [0.15, 0.2) is 5.96 Å². The van der Waals surface area contributed by atoms with Crippen molar-refractivity contribution in [3.63, 3.8) is 0 Å². The molecule has 2 heterocycles. The third-order valence-electron chi connectivity index (χ3n) is 4.28. The van der Waals surface area contributed by atoms with Gasteiger partial charge in [0, 0.05) is 37.4 Å². The van der Waals surface area contributed by atoms with Crippen molar-refractivity contribution in [1.82, 2.24) is 20.0 Å².